The van der Waals surface area contributed by atoms with Crippen LogP contribution in [-0.2, 0) is 4.74 Å². The number of nitrogens with zero attached hydrogens (tertiary/aromatic N) is 2. The number of amides is 1. The maximum atomic E-state index is 12.8. The van der Waals surface area contributed by atoms with Gasteiger partial charge in [-0.05, 0) is 64.5 Å². The highest BCUT2D eigenvalue weighted by Gasteiger charge is 2.41. The Morgan fingerprint density at radius 2 is 2.25 bits per heavy atom. The topological polar surface area (TPSA) is 55.6 Å². The largest absolute Gasteiger partial charge is 0.375 e. The molecule has 2 aromatic heterocycles. The summed E-state index contributed by atoms with van der Waals surface area (Å²) in [7, 11) is 0. The predicted octanol–water partition coefficient (Wildman–Crippen LogP) is 3.17. The monoisotopic (exact) mass is 327 g/mol. The number of ether oxygens (including phenoxy) is 1. The third kappa shape index (κ3) is 2.71. The normalized spacial score (nSPS) is 27.0. The lowest BCUT2D eigenvalue weighted by atomic mass is 9.92. The molecule has 1 amide bonds. The fraction of sp³-hybridized carbons (Fsp3) is 0.579. The summed E-state index contributed by atoms with van der Waals surface area (Å²) in [6.07, 6.45) is 8.47. The number of rotatable bonds is 2. The molecule has 24 heavy (non-hydrogen) atoms. The maximum Gasteiger partial charge on any atom is 0.255 e. The van der Waals surface area contributed by atoms with Crippen LogP contribution < -0.4 is 5.32 Å². The molecule has 1 spiro atoms. The fourth-order valence-electron chi connectivity index (χ4n) is 4.32. The van der Waals surface area contributed by atoms with Crippen LogP contribution in [0, 0.1) is 13.8 Å². The highest BCUT2D eigenvalue weighted by atomic mass is 16.5. The number of hydrogen-bond donors (Lipinski definition) is 1. The van der Waals surface area contributed by atoms with Crippen molar-refractivity contribution < 1.29 is 9.53 Å². The average Bonchev–Trinajstić information content (AvgIpc) is 3.13. The molecular weight excluding hydrogens is 302 g/mol. The second-order valence-corrected chi connectivity index (χ2v) is 7.36. The molecule has 1 saturated carbocycles. The van der Waals surface area contributed by atoms with Gasteiger partial charge in [0.25, 0.3) is 5.91 Å². The first-order valence-corrected chi connectivity index (χ1v) is 8.96. The van der Waals surface area contributed by atoms with E-state index in [0.29, 0.717) is 5.56 Å². The number of aryl methyl sites for hydroxylation is 2. The summed E-state index contributed by atoms with van der Waals surface area (Å²) >= 11 is 0. The molecule has 2 aliphatic rings. The number of hydrogen-bond acceptors (Lipinski definition) is 3. The molecule has 1 saturated heterocycles. The minimum absolute atomic E-state index is 0.0183. The minimum atomic E-state index is -0.0205. The summed E-state index contributed by atoms with van der Waals surface area (Å²) in [5, 5.41) is 3.21. The first-order chi connectivity index (χ1) is 11.6. The summed E-state index contributed by atoms with van der Waals surface area (Å²) in [5.41, 5.74) is 3.44. The molecule has 1 aliphatic heterocycles. The standard InChI is InChI=1S/C19H25N3O2/c1-13-11-14(2)22-9-6-16(17(22)20-13)18(23)21-15-5-8-19(12-15)7-3-4-10-24-19/h6,9,11,15H,3-5,7-8,10,12H2,1-2H3,(H,21,23). The van der Waals surface area contributed by atoms with Crippen LogP contribution in [0.15, 0.2) is 18.3 Å². The Morgan fingerprint density at radius 3 is 3.04 bits per heavy atom. The molecule has 5 heteroatoms. The smallest absolute Gasteiger partial charge is 0.255 e. The van der Waals surface area contributed by atoms with Crippen molar-refractivity contribution in [2.75, 3.05) is 6.61 Å². The van der Waals surface area contributed by atoms with Gasteiger partial charge in [0, 0.05) is 30.2 Å². The molecule has 5 nitrogen and oxygen atoms in total. The van der Waals surface area contributed by atoms with E-state index in [2.05, 4.69) is 10.3 Å². The number of carbonyl (C=O) groups is 1. The summed E-state index contributed by atoms with van der Waals surface area (Å²) in [4.78, 5) is 17.3. The van der Waals surface area contributed by atoms with Crippen molar-refractivity contribution in [1.29, 1.82) is 0 Å². The van der Waals surface area contributed by atoms with Gasteiger partial charge in [-0.25, -0.2) is 4.98 Å². The van der Waals surface area contributed by atoms with E-state index in [1.807, 2.05) is 36.6 Å². The van der Waals surface area contributed by atoms with Crippen molar-refractivity contribution in [3.8, 4) is 0 Å². The van der Waals surface area contributed by atoms with Crippen LogP contribution in [0.4, 0.5) is 0 Å². The van der Waals surface area contributed by atoms with Gasteiger partial charge < -0.3 is 14.5 Å². The zero-order valence-electron chi connectivity index (χ0n) is 14.5. The van der Waals surface area contributed by atoms with E-state index in [9.17, 15) is 4.79 Å². The molecule has 0 radical (unpaired) electrons. The van der Waals surface area contributed by atoms with Crippen molar-refractivity contribution in [2.24, 2.45) is 0 Å². The molecule has 0 bridgehead atoms. The van der Waals surface area contributed by atoms with Crippen molar-refractivity contribution in [1.82, 2.24) is 14.7 Å². The van der Waals surface area contributed by atoms with Gasteiger partial charge in [0.2, 0.25) is 0 Å². The summed E-state index contributed by atoms with van der Waals surface area (Å²) in [6.45, 7) is 4.86. The van der Waals surface area contributed by atoms with Gasteiger partial charge in [-0.1, -0.05) is 0 Å². The molecule has 4 rings (SSSR count). The van der Waals surface area contributed by atoms with Gasteiger partial charge in [-0.15, -0.1) is 0 Å². The average molecular weight is 327 g/mol. The SMILES string of the molecule is Cc1cc(C)n2ccc(C(=O)NC3CCC4(CCCCO4)C3)c2n1. The Bertz CT molecular complexity index is 774. The van der Waals surface area contributed by atoms with E-state index in [1.54, 1.807) is 0 Å². The number of aromatic nitrogens is 2. The van der Waals surface area contributed by atoms with Gasteiger partial charge in [-0.2, -0.15) is 0 Å². The van der Waals surface area contributed by atoms with E-state index < -0.39 is 0 Å². The zero-order chi connectivity index (χ0) is 16.7. The third-order valence-corrected chi connectivity index (χ3v) is 5.52. The molecule has 0 aromatic carbocycles. The van der Waals surface area contributed by atoms with Crippen LogP contribution in [-0.4, -0.2) is 33.5 Å². The molecule has 2 unspecified atom stereocenters. The Kier molecular flexibility index (Phi) is 3.83. The molecule has 1 aliphatic carbocycles. The van der Waals surface area contributed by atoms with Crippen LogP contribution in [0.25, 0.3) is 5.65 Å². The Balaban J connectivity index is 1.51. The zero-order valence-corrected chi connectivity index (χ0v) is 14.5. The van der Waals surface area contributed by atoms with Crippen molar-refractivity contribution in [3.63, 3.8) is 0 Å². The molecule has 1 N–H and O–H groups in total. The molecule has 2 aromatic rings. The Labute approximate surface area is 142 Å². The highest BCUT2D eigenvalue weighted by molar-refractivity contribution is 6.00. The quantitative estimate of drug-likeness (QED) is 0.922. The van der Waals surface area contributed by atoms with Crippen LogP contribution in [0.5, 0.6) is 0 Å². The second-order valence-electron chi connectivity index (χ2n) is 7.36. The first kappa shape index (κ1) is 15.6. The van der Waals surface area contributed by atoms with Gasteiger partial charge in [0.1, 0.15) is 5.65 Å². The molecule has 128 valence electrons. The number of nitrogens with one attached hydrogen (secondary N) is 1. The molecule has 2 atom stereocenters. The summed E-state index contributed by atoms with van der Waals surface area (Å²) in [6, 6.07) is 4.10. The van der Waals surface area contributed by atoms with Crippen LogP contribution >= 0.6 is 0 Å². The van der Waals surface area contributed by atoms with Gasteiger partial charge >= 0.3 is 0 Å². The number of fused-ring (bicyclic) bond motifs is 1. The van der Waals surface area contributed by atoms with Crippen molar-refractivity contribution >= 4 is 11.6 Å². The molecular formula is C19H25N3O2. The molecule has 2 fully saturated rings. The van der Waals surface area contributed by atoms with E-state index in [1.165, 1.54) is 12.8 Å². The van der Waals surface area contributed by atoms with Crippen LogP contribution in [0.3, 0.4) is 0 Å². The van der Waals surface area contributed by atoms with Crippen LogP contribution in [0.1, 0.15) is 60.3 Å². The highest BCUT2D eigenvalue weighted by Crippen LogP contribution is 2.40. The Morgan fingerprint density at radius 1 is 1.38 bits per heavy atom. The van der Waals surface area contributed by atoms with E-state index in [0.717, 1.165) is 49.3 Å². The first-order valence-electron chi connectivity index (χ1n) is 8.96. The van der Waals surface area contributed by atoms with Crippen molar-refractivity contribution in [2.45, 2.75) is 64.0 Å². The van der Waals surface area contributed by atoms with Crippen LogP contribution in [0.2, 0.25) is 0 Å². The van der Waals surface area contributed by atoms with E-state index in [-0.39, 0.29) is 17.6 Å². The van der Waals surface area contributed by atoms with Gasteiger partial charge in [0.15, 0.2) is 0 Å². The minimum Gasteiger partial charge on any atom is -0.375 e. The van der Waals surface area contributed by atoms with Gasteiger partial charge in [-0.3, -0.25) is 4.79 Å². The fourth-order valence-corrected chi connectivity index (χ4v) is 4.32. The maximum absolute atomic E-state index is 12.8. The Hall–Kier alpha value is -1.88. The van der Waals surface area contributed by atoms with E-state index in [4.69, 9.17) is 4.74 Å². The lowest BCUT2D eigenvalue weighted by Crippen LogP contribution is -2.38. The predicted molar refractivity (Wildman–Crippen MR) is 92.3 cm³/mol. The summed E-state index contributed by atoms with van der Waals surface area (Å²) in [5.74, 6) is -0.0205. The van der Waals surface area contributed by atoms with Gasteiger partial charge in [0.05, 0.1) is 11.2 Å². The lowest BCUT2D eigenvalue weighted by molar-refractivity contribution is -0.0740. The van der Waals surface area contributed by atoms with E-state index >= 15 is 0 Å². The second kappa shape index (κ2) is 5.88. The van der Waals surface area contributed by atoms with Crippen molar-refractivity contribution in [3.05, 3.63) is 35.3 Å². The molecule has 3 heterocycles. The lowest BCUT2D eigenvalue weighted by Gasteiger charge is -2.33. The number of carbonyl (C=O) groups excluding carboxylic acids is 1. The summed E-state index contributed by atoms with van der Waals surface area (Å²) < 4.78 is 8.04. The third-order valence-electron chi connectivity index (χ3n) is 5.52.